The van der Waals surface area contributed by atoms with Gasteiger partial charge in [-0.3, -0.25) is 4.79 Å². The van der Waals surface area contributed by atoms with Gasteiger partial charge in [0.05, 0.1) is 0 Å². The number of amides is 1. The predicted octanol–water partition coefficient (Wildman–Crippen LogP) is 2.33. The van der Waals surface area contributed by atoms with E-state index in [0.29, 0.717) is 11.4 Å². The van der Waals surface area contributed by atoms with Crippen LogP contribution in [0.15, 0.2) is 12.1 Å². The Bertz CT molecular complexity index is 467. The lowest BCUT2D eigenvalue weighted by Gasteiger charge is -2.32. The van der Waals surface area contributed by atoms with Gasteiger partial charge in [0.25, 0.3) is 5.91 Å². The van der Waals surface area contributed by atoms with E-state index >= 15 is 0 Å². The number of hydrogen-bond acceptors (Lipinski definition) is 4. The zero-order valence-corrected chi connectivity index (χ0v) is 12.4. The number of rotatable bonds is 4. The first-order valence-electron chi connectivity index (χ1n) is 7.38. The molecular formula is C15H24N4O. The van der Waals surface area contributed by atoms with Crippen molar-refractivity contribution < 1.29 is 4.79 Å². The Morgan fingerprint density at radius 2 is 2.15 bits per heavy atom. The van der Waals surface area contributed by atoms with E-state index < -0.39 is 0 Å². The zero-order chi connectivity index (χ0) is 14.5. The summed E-state index contributed by atoms with van der Waals surface area (Å²) in [7, 11) is 0. The van der Waals surface area contributed by atoms with Crippen LogP contribution < -0.4 is 11.3 Å². The Kier molecular flexibility index (Phi) is 4.95. The molecule has 0 atom stereocenters. The molecule has 1 amide bonds. The Balaban J connectivity index is 2.03. The monoisotopic (exact) mass is 276 g/mol. The van der Waals surface area contributed by atoms with Gasteiger partial charge in [-0.05, 0) is 37.8 Å². The van der Waals surface area contributed by atoms with E-state index in [9.17, 15) is 4.79 Å². The highest BCUT2D eigenvalue weighted by Crippen LogP contribution is 2.23. The quantitative estimate of drug-likeness (QED) is 0.654. The van der Waals surface area contributed by atoms with Crippen LogP contribution in [0.25, 0.3) is 0 Å². The summed E-state index contributed by atoms with van der Waals surface area (Å²) in [6.45, 7) is 5.80. The Labute approximate surface area is 120 Å². The van der Waals surface area contributed by atoms with Gasteiger partial charge in [0, 0.05) is 24.3 Å². The van der Waals surface area contributed by atoms with E-state index in [1.54, 1.807) is 6.07 Å². The van der Waals surface area contributed by atoms with Crippen LogP contribution in [0.4, 0.5) is 5.82 Å². The molecule has 0 spiro atoms. The summed E-state index contributed by atoms with van der Waals surface area (Å²) in [5.74, 6) is 6.78. The SMILES string of the molecule is CCCC1CCN(C(=O)c2cc(C)nc(NN)c2)CC1. The second-order valence-corrected chi connectivity index (χ2v) is 5.55. The molecule has 1 aromatic heterocycles. The second kappa shape index (κ2) is 6.70. The number of hydrogen-bond donors (Lipinski definition) is 2. The Hall–Kier alpha value is -1.62. The van der Waals surface area contributed by atoms with Crippen LogP contribution in [0, 0.1) is 12.8 Å². The van der Waals surface area contributed by atoms with Gasteiger partial charge >= 0.3 is 0 Å². The van der Waals surface area contributed by atoms with E-state index in [-0.39, 0.29) is 5.91 Å². The van der Waals surface area contributed by atoms with Crippen LogP contribution in [0.2, 0.25) is 0 Å². The van der Waals surface area contributed by atoms with Crippen LogP contribution in [-0.2, 0) is 0 Å². The van der Waals surface area contributed by atoms with Crippen molar-refractivity contribution in [2.24, 2.45) is 11.8 Å². The molecule has 1 aliphatic heterocycles. The third-order valence-corrected chi connectivity index (χ3v) is 3.95. The smallest absolute Gasteiger partial charge is 0.254 e. The molecule has 2 rings (SSSR count). The third kappa shape index (κ3) is 3.48. The number of nitrogen functional groups attached to an aromatic ring is 1. The molecule has 0 saturated carbocycles. The average molecular weight is 276 g/mol. The number of nitrogens with zero attached hydrogens (tertiary/aromatic N) is 2. The lowest BCUT2D eigenvalue weighted by atomic mass is 9.92. The number of aromatic nitrogens is 1. The van der Waals surface area contributed by atoms with E-state index in [1.807, 2.05) is 17.9 Å². The van der Waals surface area contributed by atoms with Crippen LogP contribution in [0.5, 0.6) is 0 Å². The topological polar surface area (TPSA) is 71.2 Å². The maximum absolute atomic E-state index is 12.5. The Morgan fingerprint density at radius 3 is 2.75 bits per heavy atom. The molecule has 0 bridgehead atoms. The van der Waals surface area contributed by atoms with Gasteiger partial charge in [-0.25, -0.2) is 10.8 Å². The lowest BCUT2D eigenvalue weighted by molar-refractivity contribution is 0.0686. The van der Waals surface area contributed by atoms with Crippen molar-refractivity contribution in [3.8, 4) is 0 Å². The maximum Gasteiger partial charge on any atom is 0.254 e. The first kappa shape index (κ1) is 14.8. The van der Waals surface area contributed by atoms with Crippen LogP contribution in [-0.4, -0.2) is 28.9 Å². The fourth-order valence-corrected chi connectivity index (χ4v) is 2.88. The summed E-state index contributed by atoms with van der Waals surface area (Å²) in [5, 5.41) is 0. The fourth-order valence-electron chi connectivity index (χ4n) is 2.88. The molecule has 2 heterocycles. The van der Waals surface area contributed by atoms with Crippen molar-refractivity contribution in [2.45, 2.75) is 39.5 Å². The molecule has 1 fully saturated rings. The number of piperidine rings is 1. The number of aryl methyl sites for hydroxylation is 1. The van der Waals surface area contributed by atoms with E-state index in [0.717, 1.165) is 37.5 Å². The van der Waals surface area contributed by atoms with E-state index in [4.69, 9.17) is 5.84 Å². The van der Waals surface area contributed by atoms with Crippen molar-refractivity contribution in [1.29, 1.82) is 0 Å². The minimum atomic E-state index is 0.0851. The number of pyridine rings is 1. The maximum atomic E-state index is 12.5. The molecule has 1 saturated heterocycles. The normalized spacial score (nSPS) is 16.2. The Morgan fingerprint density at radius 1 is 1.45 bits per heavy atom. The first-order chi connectivity index (χ1) is 9.63. The summed E-state index contributed by atoms with van der Waals surface area (Å²) >= 11 is 0. The molecule has 5 nitrogen and oxygen atoms in total. The number of carbonyl (C=O) groups is 1. The number of hydrazine groups is 1. The van der Waals surface area contributed by atoms with Crippen molar-refractivity contribution in [3.63, 3.8) is 0 Å². The number of carbonyl (C=O) groups excluding carboxylic acids is 1. The van der Waals surface area contributed by atoms with Gasteiger partial charge in [-0.15, -0.1) is 0 Å². The number of anilines is 1. The van der Waals surface area contributed by atoms with Gasteiger partial charge in [0.1, 0.15) is 5.82 Å². The lowest BCUT2D eigenvalue weighted by Crippen LogP contribution is -2.38. The minimum Gasteiger partial charge on any atom is -0.339 e. The molecule has 0 unspecified atom stereocenters. The molecule has 3 N–H and O–H groups in total. The summed E-state index contributed by atoms with van der Waals surface area (Å²) in [5.41, 5.74) is 3.97. The molecular weight excluding hydrogens is 252 g/mol. The predicted molar refractivity (Wildman–Crippen MR) is 80.3 cm³/mol. The van der Waals surface area contributed by atoms with E-state index in [1.165, 1.54) is 12.8 Å². The molecule has 110 valence electrons. The molecule has 0 aliphatic carbocycles. The van der Waals surface area contributed by atoms with Crippen molar-refractivity contribution >= 4 is 11.7 Å². The van der Waals surface area contributed by atoms with Crippen molar-refractivity contribution in [3.05, 3.63) is 23.4 Å². The zero-order valence-electron chi connectivity index (χ0n) is 12.4. The largest absolute Gasteiger partial charge is 0.339 e. The summed E-state index contributed by atoms with van der Waals surface area (Å²) in [4.78, 5) is 18.7. The van der Waals surface area contributed by atoms with Gasteiger partial charge in [-0.1, -0.05) is 19.8 Å². The number of nitrogens with two attached hydrogens (primary N) is 1. The average Bonchev–Trinajstić information content (AvgIpc) is 2.47. The summed E-state index contributed by atoms with van der Waals surface area (Å²) < 4.78 is 0. The summed E-state index contributed by atoms with van der Waals surface area (Å²) in [6, 6.07) is 3.54. The molecule has 1 aliphatic rings. The highest BCUT2D eigenvalue weighted by Gasteiger charge is 2.23. The van der Waals surface area contributed by atoms with Gasteiger partial charge in [0.15, 0.2) is 0 Å². The second-order valence-electron chi connectivity index (χ2n) is 5.55. The van der Waals surface area contributed by atoms with Gasteiger partial charge in [-0.2, -0.15) is 0 Å². The minimum absolute atomic E-state index is 0.0851. The van der Waals surface area contributed by atoms with Crippen molar-refractivity contribution in [2.75, 3.05) is 18.5 Å². The molecule has 5 heteroatoms. The highest BCUT2D eigenvalue weighted by atomic mass is 16.2. The standard InChI is InChI=1S/C15H24N4O/c1-3-4-12-5-7-19(8-6-12)15(20)13-9-11(2)17-14(10-13)18-16/h9-10,12H,3-8,16H2,1-2H3,(H,17,18). The van der Waals surface area contributed by atoms with E-state index in [2.05, 4.69) is 17.3 Å². The van der Waals surface area contributed by atoms with Gasteiger partial charge < -0.3 is 10.3 Å². The molecule has 20 heavy (non-hydrogen) atoms. The molecule has 0 radical (unpaired) electrons. The first-order valence-corrected chi connectivity index (χ1v) is 7.38. The number of likely N-dealkylation sites (tertiary alicyclic amines) is 1. The fraction of sp³-hybridized carbons (Fsp3) is 0.600. The number of nitrogens with one attached hydrogen (secondary N) is 1. The highest BCUT2D eigenvalue weighted by molar-refractivity contribution is 5.95. The molecule has 0 aromatic carbocycles. The van der Waals surface area contributed by atoms with Crippen LogP contribution in [0.1, 0.15) is 48.7 Å². The van der Waals surface area contributed by atoms with Gasteiger partial charge in [0.2, 0.25) is 0 Å². The van der Waals surface area contributed by atoms with Crippen molar-refractivity contribution in [1.82, 2.24) is 9.88 Å². The third-order valence-electron chi connectivity index (χ3n) is 3.95. The van der Waals surface area contributed by atoms with Crippen LogP contribution >= 0.6 is 0 Å². The molecule has 1 aromatic rings. The van der Waals surface area contributed by atoms with Crippen LogP contribution in [0.3, 0.4) is 0 Å². The summed E-state index contributed by atoms with van der Waals surface area (Å²) in [6.07, 6.45) is 4.74.